The largest absolute Gasteiger partial charge is 0.333 e. The summed E-state index contributed by atoms with van der Waals surface area (Å²) in [4.78, 5) is 20.4. The van der Waals surface area contributed by atoms with Crippen LogP contribution in [0.15, 0.2) is 58.6 Å². The molecule has 1 amide bonds. The van der Waals surface area contributed by atoms with Crippen LogP contribution in [0.2, 0.25) is 0 Å². The highest BCUT2D eigenvalue weighted by Crippen LogP contribution is 2.25. The van der Waals surface area contributed by atoms with Gasteiger partial charge in [0, 0.05) is 18.8 Å². The van der Waals surface area contributed by atoms with Gasteiger partial charge in [-0.1, -0.05) is 23.9 Å². The fraction of sp³-hybridized carbons (Fsp3) is 0.300. The van der Waals surface area contributed by atoms with Crippen molar-refractivity contribution in [3.8, 4) is 0 Å². The number of imidazole rings is 1. The Bertz CT molecular complexity index is 1090. The smallest absolute Gasteiger partial charge is 0.243 e. The second kappa shape index (κ2) is 8.17. The molecule has 1 saturated heterocycles. The summed E-state index contributed by atoms with van der Waals surface area (Å²) in [6.45, 7) is 2.94. The first-order chi connectivity index (χ1) is 13.9. The first-order valence-electron chi connectivity index (χ1n) is 9.46. The average molecular weight is 431 g/mol. The number of hydrogen-bond acceptors (Lipinski definition) is 5. The van der Waals surface area contributed by atoms with Gasteiger partial charge in [-0.25, -0.2) is 13.4 Å². The highest BCUT2D eigenvalue weighted by molar-refractivity contribution is 8.00. The van der Waals surface area contributed by atoms with Gasteiger partial charge < -0.3 is 10.3 Å². The zero-order valence-electron chi connectivity index (χ0n) is 16.0. The number of rotatable bonds is 6. The van der Waals surface area contributed by atoms with Gasteiger partial charge in [0.25, 0.3) is 0 Å². The summed E-state index contributed by atoms with van der Waals surface area (Å²) in [6, 6.07) is 14.0. The molecule has 1 aliphatic rings. The van der Waals surface area contributed by atoms with Crippen LogP contribution < -0.4 is 5.32 Å². The van der Waals surface area contributed by atoms with E-state index in [9.17, 15) is 13.2 Å². The third kappa shape index (κ3) is 4.31. The number of carbonyl (C=O) groups excluding carboxylic acids is 1. The van der Waals surface area contributed by atoms with Crippen LogP contribution in [0.5, 0.6) is 0 Å². The maximum absolute atomic E-state index is 12.6. The van der Waals surface area contributed by atoms with Gasteiger partial charge in [0.05, 0.1) is 21.2 Å². The number of sulfonamides is 1. The van der Waals surface area contributed by atoms with Crippen LogP contribution in [0.3, 0.4) is 0 Å². The Morgan fingerprint density at radius 3 is 2.52 bits per heavy atom. The molecule has 0 saturated carbocycles. The number of aromatic amines is 1. The van der Waals surface area contributed by atoms with E-state index in [2.05, 4.69) is 15.3 Å². The minimum Gasteiger partial charge on any atom is -0.333 e. The molecule has 29 heavy (non-hydrogen) atoms. The maximum atomic E-state index is 12.6. The van der Waals surface area contributed by atoms with Crippen molar-refractivity contribution in [1.82, 2.24) is 14.3 Å². The van der Waals surface area contributed by atoms with E-state index in [0.717, 1.165) is 23.9 Å². The molecule has 2 N–H and O–H groups in total. The maximum Gasteiger partial charge on any atom is 0.243 e. The van der Waals surface area contributed by atoms with E-state index < -0.39 is 10.0 Å². The molecular formula is C20H22N4O3S2. The first kappa shape index (κ1) is 19.9. The minimum atomic E-state index is -3.45. The number of thioether (sulfide) groups is 1. The van der Waals surface area contributed by atoms with Gasteiger partial charge in [-0.2, -0.15) is 4.31 Å². The number of nitrogens with one attached hydrogen (secondary N) is 2. The van der Waals surface area contributed by atoms with E-state index in [-0.39, 0.29) is 16.1 Å². The molecule has 1 atom stereocenters. The standard InChI is InChI=1S/C20H22N4O3S2/c1-14(28-20-22-17-6-2-3-7-18(17)23-20)19(25)21-15-8-10-16(11-9-15)29(26,27)24-12-4-5-13-24/h2-3,6-11,14H,4-5,12-13H2,1H3,(H,21,25)(H,22,23)/t14-/m1/s1. The number of anilines is 1. The van der Waals surface area contributed by atoms with Crippen molar-refractivity contribution in [3.63, 3.8) is 0 Å². The van der Waals surface area contributed by atoms with E-state index >= 15 is 0 Å². The van der Waals surface area contributed by atoms with Crippen LogP contribution in [-0.2, 0) is 14.8 Å². The number of nitrogens with zero attached hydrogens (tertiary/aromatic N) is 2. The summed E-state index contributed by atoms with van der Waals surface area (Å²) in [6.07, 6.45) is 1.79. The van der Waals surface area contributed by atoms with Gasteiger partial charge in [-0.3, -0.25) is 4.79 Å². The molecule has 7 nitrogen and oxygen atoms in total. The molecule has 1 fully saturated rings. The van der Waals surface area contributed by atoms with Crippen molar-refractivity contribution >= 4 is 44.4 Å². The number of aromatic nitrogens is 2. The van der Waals surface area contributed by atoms with Crippen molar-refractivity contribution < 1.29 is 13.2 Å². The zero-order valence-corrected chi connectivity index (χ0v) is 17.6. The molecule has 0 unspecified atom stereocenters. The van der Waals surface area contributed by atoms with E-state index in [1.807, 2.05) is 24.3 Å². The zero-order chi connectivity index (χ0) is 20.4. The molecule has 0 bridgehead atoms. The van der Waals surface area contributed by atoms with E-state index in [0.29, 0.717) is 23.9 Å². The van der Waals surface area contributed by atoms with Gasteiger partial charge in [0.15, 0.2) is 5.16 Å². The van der Waals surface area contributed by atoms with Crippen molar-refractivity contribution in [2.45, 2.75) is 35.1 Å². The Morgan fingerprint density at radius 1 is 1.14 bits per heavy atom. The quantitative estimate of drug-likeness (QED) is 0.584. The van der Waals surface area contributed by atoms with Crippen molar-refractivity contribution in [3.05, 3.63) is 48.5 Å². The van der Waals surface area contributed by atoms with E-state index in [1.165, 1.54) is 16.1 Å². The van der Waals surface area contributed by atoms with E-state index in [4.69, 9.17) is 0 Å². The van der Waals surface area contributed by atoms with Crippen LogP contribution in [0, 0.1) is 0 Å². The van der Waals surface area contributed by atoms with Gasteiger partial charge >= 0.3 is 0 Å². The Hall–Kier alpha value is -2.36. The summed E-state index contributed by atoms with van der Waals surface area (Å²) in [5.74, 6) is -0.175. The highest BCUT2D eigenvalue weighted by atomic mass is 32.2. The fourth-order valence-electron chi connectivity index (χ4n) is 3.24. The number of benzene rings is 2. The van der Waals surface area contributed by atoms with Gasteiger partial charge in [0.2, 0.25) is 15.9 Å². The highest BCUT2D eigenvalue weighted by Gasteiger charge is 2.27. The third-order valence-corrected chi connectivity index (χ3v) is 7.75. The van der Waals surface area contributed by atoms with Crippen molar-refractivity contribution in [2.75, 3.05) is 18.4 Å². The van der Waals surface area contributed by atoms with Crippen LogP contribution in [0.4, 0.5) is 5.69 Å². The number of para-hydroxylation sites is 2. The topological polar surface area (TPSA) is 95.2 Å². The minimum absolute atomic E-state index is 0.175. The summed E-state index contributed by atoms with van der Waals surface area (Å²) < 4.78 is 26.7. The number of amides is 1. The molecular weight excluding hydrogens is 408 g/mol. The first-order valence-corrected chi connectivity index (χ1v) is 11.8. The van der Waals surface area contributed by atoms with Gasteiger partial charge in [0.1, 0.15) is 0 Å². The Balaban J connectivity index is 1.39. The van der Waals surface area contributed by atoms with Gasteiger partial charge in [-0.05, 0) is 56.2 Å². The second-order valence-electron chi connectivity index (χ2n) is 6.94. The summed E-state index contributed by atoms with van der Waals surface area (Å²) in [7, 11) is -3.45. The molecule has 0 aliphatic carbocycles. The number of hydrogen-bond donors (Lipinski definition) is 2. The van der Waals surface area contributed by atoms with Crippen LogP contribution in [0.1, 0.15) is 19.8 Å². The fourth-order valence-corrected chi connectivity index (χ4v) is 5.58. The molecule has 2 heterocycles. The van der Waals surface area contributed by atoms with Crippen molar-refractivity contribution in [1.29, 1.82) is 0 Å². The van der Waals surface area contributed by atoms with Crippen LogP contribution >= 0.6 is 11.8 Å². The van der Waals surface area contributed by atoms with Crippen molar-refractivity contribution in [2.24, 2.45) is 0 Å². The summed E-state index contributed by atoms with van der Waals surface area (Å²) in [5.41, 5.74) is 2.35. The molecule has 9 heteroatoms. The van der Waals surface area contributed by atoms with Crippen LogP contribution in [-0.4, -0.2) is 46.9 Å². The average Bonchev–Trinajstić information content (AvgIpc) is 3.38. The van der Waals surface area contributed by atoms with Gasteiger partial charge in [-0.15, -0.1) is 0 Å². The summed E-state index contributed by atoms with van der Waals surface area (Å²) in [5, 5.41) is 3.14. The molecule has 0 spiro atoms. The molecule has 152 valence electrons. The Kier molecular flexibility index (Phi) is 5.62. The molecule has 0 radical (unpaired) electrons. The lowest BCUT2D eigenvalue weighted by atomic mass is 10.3. The Labute approximate surface area is 174 Å². The number of fused-ring (bicyclic) bond motifs is 1. The monoisotopic (exact) mass is 430 g/mol. The summed E-state index contributed by atoms with van der Waals surface area (Å²) >= 11 is 1.34. The Morgan fingerprint density at radius 2 is 1.83 bits per heavy atom. The lowest BCUT2D eigenvalue weighted by molar-refractivity contribution is -0.115. The molecule has 2 aromatic carbocycles. The molecule has 1 aromatic heterocycles. The van der Waals surface area contributed by atoms with Crippen LogP contribution in [0.25, 0.3) is 11.0 Å². The van der Waals surface area contributed by atoms with E-state index in [1.54, 1.807) is 31.2 Å². The lowest BCUT2D eigenvalue weighted by Gasteiger charge is -2.16. The lowest BCUT2D eigenvalue weighted by Crippen LogP contribution is -2.27. The SMILES string of the molecule is C[C@@H](Sc1nc2ccccc2[nH]1)C(=O)Nc1ccc(S(=O)(=O)N2CCCC2)cc1. The molecule has 3 aromatic rings. The normalized spacial score (nSPS) is 16.2. The predicted octanol–water partition coefficient (Wildman–Crippen LogP) is 3.47. The molecule has 4 rings (SSSR count). The predicted molar refractivity (Wildman–Crippen MR) is 114 cm³/mol. The molecule has 1 aliphatic heterocycles. The number of carbonyl (C=O) groups is 1. The number of H-pyrrole nitrogens is 1. The third-order valence-electron chi connectivity index (χ3n) is 4.85. The second-order valence-corrected chi connectivity index (χ2v) is 10.2.